The highest BCUT2D eigenvalue weighted by molar-refractivity contribution is 7.92. The lowest BCUT2D eigenvalue weighted by Gasteiger charge is -2.05. The Morgan fingerprint density at radius 2 is 1.88 bits per heavy atom. The van der Waals surface area contributed by atoms with Gasteiger partial charge in [-0.05, 0) is 12.8 Å². The van der Waals surface area contributed by atoms with Crippen LogP contribution >= 0.6 is 0 Å². The fourth-order valence-electron chi connectivity index (χ4n) is 1.17. The van der Waals surface area contributed by atoms with Crippen molar-refractivity contribution in [3.05, 3.63) is 0 Å². The van der Waals surface area contributed by atoms with Gasteiger partial charge in [-0.25, -0.2) is 8.42 Å². The Balaban J connectivity index is 3.91. The zero-order chi connectivity index (χ0) is 13.3. The van der Waals surface area contributed by atoms with Crippen molar-refractivity contribution in [2.45, 2.75) is 32.6 Å². The van der Waals surface area contributed by atoms with E-state index in [0.717, 1.165) is 12.8 Å². The highest BCUT2D eigenvalue weighted by atomic mass is 32.2. The predicted molar refractivity (Wildman–Crippen MR) is 63.4 cm³/mol. The number of hydrogen-bond donors (Lipinski definition) is 2. The third-order valence-electron chi connectivity index (χ3n) is 2.05. The smallest absolute Gasteiger partial charge is 0.303 e. The summed E-state index contributed by atoms with van der Waals surface area (Å²) in [6.45, 7) is 2.44. The molecule has 0 saturated carbocycles. The summed E-state index contributed by atoms with van der Waals surface area (Å²) in [6, 6.07) is 0. The molecule has 0 aromatic rings. The molecule has 17 heavy (non-hydrogen) atoms. The molecule has 0 rings (SSSR count). The van der Waals surface area contributed by atoms with Crippen LogP contribution in [0.5, 0.6) is 0 Å². The third kappa shape index (κ3) is 9.80. The van der Waals surface area contributed by atoms with Crippen LogP contribution in [0, 0.1) is 0 Å². The second-order valence-corrected chi connectivity index (χ2v) is 5.98. The van der Waals surface area contributed by atoms with Gasteiger partial charge in [0.1, 0.15) is 5.75 Å². The molecule has 6 nitrogen and oxygen atoms in total. The van der Waals surface area contributed by atoms with Gasteiger partial charge in [-0.1, -0.05) is 13.3 Å². The minimum atomic E-state index is -3.49. The van der Waals surface area contributed by atoms with E-state index in [0.29, 0.717) is 6.54 Å². The van der Waals surface area contributed by atoms with E-state index >= 15 is 0 Å². The van der Waals surface area contributed by atoms with Gasteiger partial charge in [0.05, 0.1) is 5.75 Å². The van der Waals surface area contributed by atoms with E-state index in [2.05, 4.69) is 5.32 Å². The molecule has 0 radical (unpaired) electrons. The largest absolute Gasteiger partial charge is 0.481 e. The number of carboxylic acids is 1. The maximum atomic E-state index is 11.4. The van der Waals surface area contributed by atoms with Crippen LogP contribution in [0.3, 0.4) is 0 Å². The standard InChI is InChI=1S/C10H19NO5S/c1-2-3-6-11-9(12)8-17(15,16)7-4-5-10(13)14/h2-8H2,1H3,(H,11,12)(H,13,14). The minimum Gasteiger partial charge on any atom is -0.481 e. The first kappa shape index (κ1) is 15.9. The Labute approximate surface area is 101 Å². The highest BCUT2D eigenvalue weighted by Gasteiger charge is 2.16. The lowest BCUT2D eigenvalue weighted by atomic mass is 10.3. The molecular formula is C10H19NO5S. The summed E-state index contributed by atoms with van der Waals surface area (Å²) >= 11 is 0. The van der Waals surface area contributed by atoms with E-state index in [4.69, 9.17) is 5.11 Å². The van der Waals surface area contributed by atoms with Crippen molar-refractivity contribution in [3.8, 4) is 0 Å². The highest BCUT2D eigenvalue weighted by Crippen LogP contribution is 1.98. The Kier molecular flexibility index (Phi) is 7.53. The summed E-state index contributed by atoms with van der Waals surface area (Å²) in [5, 5.41) is 10.9. The van der Waals surface area contributed by atoms with E-state index in [1.807, 2.05) is 6.92 Å². The van der Waals surface area contributed by atoms with E-state index in [-0.39, 0.29) is 18.6 Å². The van der Waals surface area contributed by atoms with Crippen LogP contribution in [0.15, 0.2) is 0 Å². The van der Waals surface area contributed by atoms with E-state index < -0.39 is 27.5 Å². The molecule has 0 unspecified atom stereocenters. The Morgan fingerprint density at radius 1 is 1.24 bits per heavy atom. The van der Waals surface area contributed by atoms with Crippen molar-refractivity contribution in [2.75, 3.05) is 18.1 Å². The van der Waals surface area contributed by atoms with Crippen LogP contribution in [0.1, 0.15) is 32.6 Å². The summed E-state index contributed by atoms with van der Waals surface area (Å²) < 4.78 is 22.8. The number of nitrogens with one attached hydrogen (secondary N) is 1. The number of unbranched alkanes of at least 4 members (excludes halogenated alkanes) is 1. The third-order valence-corrected chi connectivity index (χ3v) is 3.66. The number of amides is 1. The van der Waals surface area contributed by atoms with Gasteiger partial charge in [-0.3, -0.25) is 9.59 Å². The van der Waals surface area contributed by atoms with Gasteiger partial charge in [0, 0.05) is 13.0 Å². The van der Waals surface area contributed by atoms with E-state index in [1.54, 1.807) is 0 Å². The van der Waals surface area contributed by atoms with Crippen molar-refractivity contribution >= 4 is 21.7 Å². The number of rotatable bonds is 9. The number of hydrogen-bond acceptors (Lipinski definition) is 4. The zero-order valence-electron chi connectivity index (χ0n) is 9.94. The Hall–Kier alpha value is -1.11. The monoisotopic (exact) mass is 265 g/mol. The quantitative estimate of drug-likeness (QED) is 0.579. The minimum absolute atomic E-state index is 0.0416. The normalized spacial score (nSPS) is 11.1. The molecule has 0 bridgehead atoms. The zero-order valence-corrected chi connectivity index (χ0v) is 10.8. The molecule has 0 spiro atoms. The number of carboxylic acid groups (broad SMARTS) is 1. The second kappa shape index (κ2) is 8.05. The SMILES string of the molecule is CCCCNC(=O)CS(=O)(=O)CCCC(=O)O. The predicted octanol–water partition coefficient (Wildman–Crippen LogP) is 0.182. The van der Waals surface area contributed by atoms with Gasteiger partial charge in [0.25, 0.3) is 0 Å². The molecule has 0 saturated heterocycles. The summed E-state index contributed by atoms with van der Waals surface area (Å²) in [5.41, 5.74) is 0. The van der Waals surface area contributed by atoms with E-state index in [9.17, 15) is 18.0 Å². The lowest BCUT2D eigenvalue weighted by molar-refractivity contribution is -0.137. The molecule has 0 aliphatic rings. The van der Waals surface area contributed by atoms with Crippen molar-refractivity contribution in [3.63, 3.8) is 0 Å². The maximum Gasteiger partial charge on any atom is 0.303 e. The first-order chi connectivity index (χ1) is 7.87. The van der Waals surface area contributed by atoms with Crippen LogP contribution in [-0.2, 0) is 19.4 Å². The molecule has 0 heterocycles. The molecule has 0 fully saturated rings. The molecule has 0 aromatic carbocycles. The summed E-state index contributed by atoms with van der Waals surface area (Å²) in [4.78, 5) is 21.4. The van der Waals surface area contributed by atoms with E-state index in [1.165, 1.54) is 0 Å². The Bertz CT molecular complexity index is 350. The van der Waals surface area contributed by atoms with Crippen molar-refractivity contribution in [2.24, 2.45) is 0 Å². The van der Waals surface area contributed by atoms with Crippen molar-refractivity contribution < 1.29 is 23.1 Å². The summed E-state index contributed by atoms with van der Waals surface area (Å²) in [6.07, 6.45) is 1.58. The van der Waals surface area contributed by atoms with Gasteiger partial charge < -0.3 is 10.4 Å². The summed E-state index contributed by atoms with van der Waals surface area (Å²) in [7, 11) is -3.49. The lowest BCUT2D eigenvalue weighted by Crippen LogP contribution is -2.32. The maximum absolute atomic E-state index is 11.4. The first-order valence-corrected chi connectivity index (χ1v) is 7.38. The van der Waals surface area contributed by atoms with Crippen LogP contribution in [0.4, 0.5) is 0 Å². The molecule has 1 amide bonds. The van der Waals surface area contributed by atoms with Gasteiger partial charge >= 0.3 is 5.97 Å². The van der Waals surface area contributed by atoms with Gasteiger partial charge in [-0.15, -0.1) is 0 Å². The second-order valence-electron chi connectivity index (χ2n) is 3.79. The fourth-order valence-corrected chi connectivity index (χ4v) is 2.40. The topological polar surface area (TPSA) is 101 Å². The van der Waals surface area contributed by atoms with Crippen LogP contribution in [0.25, 0.3) is 0 Å². The number of sulfone groups is 1. The van der Waals surface area contributed by atoms with Crippen molar-refractivity contribution in [1.29, 1.82) is 0 Å². The first-order valence-electron chi connectivity index (χ1n) is 5.56. The molecular weight excluding hydrogens is 246 g/mol. The van der Waals surface area contributed by atoms with Gasteiger partial charge in [0.2, 0.25) is 5.91 Å². The number of carbonyl (C=O) groups is 2. The molecule has 0 aliphatic carbocycles. The molecule has 0 aromatic heterocycles. The molecule has 0 aliphatic heterocycles. The molecule has 100 valence electrons. The molecule has 7 heteroatoms. The average Bonchev–Trinajstić information content (AvgIpc) is 2.16. The number of aliphatic carboxylic acids is 1. The van der Waals surface area contributed by atoms with Crippen molar-refractivity contribution in [1.82, 2.24) is 5.32 Å². The Morgan fingerprint density at radius 3 is 2.41 bits per heavy atom. The summed E-state index contributed by atoms with van der Waals surface area (Å²) in [5.74, 6) is -2.38. The van der Waals surface area contributed by atoms with Crippen LogP contribution in [0.2, 0.25) is 0 Å². The van der Waals surface area contributed by atoms with Gasteiger partial charge in [-0.2, -0.15) is 0 Å². The van der Waals surface area contributed by atoms with Crippen LogP contribution < -0.4 is 5.32 Å². The number of carbonyl (C=O) groups excluding carboxylic acids is 1. The molecule has 0 atom stereocenters. The average molecular weight is 265 g/mol. The molecule has 2 N–H and O–H groups in total. The van der Waals surface area contributed by atoms with Gasteiger partial charge in [0.15, 0.2) is 9.84 Å². The van der Waals surface area contributed by atoms with Crippen LogP contribution in [-0.4, -0.2) is 43.5 Å². The fraction of sp³-hybridized carbons (Fsp3) is 0.800.